The Morgan fingerprint density at radius 2 is 2.06 bits per heavy atom. The van der Waals surface area contributed by atoms with Crippen LogP contribution in [0.2, 0.25) is 0 Å². The predicted molar refractivity (Wildman–Crippen MR) is 65.3 cm³/mol. The monoisotopic (exact) mass is 244 g/mol. The van der Waals surface area contributed by atoms with Gasteiger partial charge in [0.05, 0.1) is 12.7 Å². The molecule has 0 bridgehead atoms. The molecule has 18 heavy (non-hydrogen) atoms. The number of hydroxylamine groups is 1. The molecule has 0 saturated carbocycles. The maximum Gasteiger partial charge on any atom is 0.285 e. The number of methoxy groups -OCH3 is 1. The van der Waals surface area contributed by atoms with Gasteiger partial charge in [-0.3, -0.25) is 9.78 Å². The van der Waals surface area contributed by atoms with E-state index in [0.717, 1.165) is 0 Å². The lowest BCUT2D eigenvalue weighted by atomic mass is 10.3. The number of rotatable bonds is 4. The molecular formula is C13H12N2O3. The van der Waals surface area contributed by atoms with Crippen molar-refractivity contribution in [2.24, 2.45) is 0 Å². The maximum absolute atomic E-state index is 11.7. The van der Waals surface area contributed by atoms with E-state index in [1.807, 2.05) is 0 Å². The lowest BCUT2D eigenvalue weighted by molar-refractivity contribution is 0.0759. The summed E-state index contributed by atoms with van der Waals surface area (Å²) < 4.78 is 5.04. The van der Waals surface area contributed by atoms with Crippen molar-refractivity contribution in [3.8, 4) is 11.5 Å². The van der Waals surface area contributed by atoms with Crippen molar-refractivity contribution in [2.75, 3.05) is 7.11 Å². The second-order valence-electron chi connectivity index (χ2n) is 3.45. The average Bonchev–Trinajstić information content (AvgIpc) is 2.46. The molecule has 0 fully saturated rings. The Hall–Kier alpha value is -2.56. The highest BCUT2D eigenvalue weighted by atomic mass is 16.7. The molecule has 1 aromatic heterocycles. The van der Waals surface area contributed by atoms with Crippen molar-refractivity contribution in [3.05, 3.63) is 54.4 Å². The lowest BCUT2D eigenvalue weighted by Crippen LogP contribution is -2.26. The quantitative estimate of drug-likeness (QED) is 0.833. The van der Waals surface area contributed by atoms with Crippen LogP contribution in [0.1, 0.15) is 10.4 Å². The van der Waals surface area contributed by atoms with Crippen molar-refractivity contribution in [1.29, 1.82) is 0 Å². The highest BCUT2D eigenvalue weighted by molar-refractivity contribution is 5.93. The van der Waals surface area contributed by atoms with Crippen molar-refractivity contribution >= 4 is 5.91 Å². The molecule has 2 rings (SSSR count). The van der Waals surface area contributed by atoms with Gasteiger partial charge in [-0.1, -0.05) is 6.07 Å². The van der Waals surface area contributed by atoms with Crippen LogP contribution in [-0.4, -0.2) is 18.0 Å². The number of benzene rings is 1. The number of pyridine rings is 1. The van der Waals surface area contributed by atoms with Gasteiger partial charge in [0.2, 0.25) is 0 Å². The maximum atomic E-state index is 11.7. The zero-order valence-electron chi connectivity index (χ0n) is 9.79. The van der Waals surface area contributed by atoms with Crippen LogP contribution < -0.4 is 15.1 Å². The zero-order chi connectivity index (χ0) is 12.8. The van der Waals surface area contributed by atoms with Gasteiger partial charge in [0.1, 0.15) is 5.75 Å². The summed E-state index contributed by atoms with van der Waals surface area (Å²) in [5, 5.41) is 0. The third-order valence-electron chi connectivity index (χ3n) is 2.23. The Bertz CT molecular complexity index is 529. The molecule has 0 radical (unpaired) electrons. The standard InChI is InChI=1S/C13H12N2O3/c1-17-11-5-2-6-12(8-11)18-15-13(16)10-4-3-7-14-9-10/h2-9H,1H3,(H,15,16). The first kappa shape index (κ1) is 11.9. The highest BCUT2D eigenvalue weighted by Crippen LogP contribution is 2.18. The Morgan fingerprint density at radius 3 is 2.78 bits per heavy atom. The van der Waals surface area contributed by atoms with Gasteiger partial charge in [-0.2, -0.15) is 5.48 Å². The van der Waals surface area contributed by atoms with Crippen LogP contribution in [-0.2, 0) is 0 Å². The number of aromatic nitrogens is 1. The molecule has 0 atom stereocenters. The average molecular weight is 244 g/mol. The molecule has 0 saturated heterocycles. The van der Waals surface area contributed by atoms with Gasteiger partial charge in [0, 0.05) is 18.5 Å². The summed E-state index contributed by atoms with van der Waals surface area (Å²) in [5.74, 6) is 0.792. The number of carbonyl (C=O) groups excluding carboxylic acids is 1. The normalized spacial score (nSPS) is 9.61. The minimum atomic E-state index is -0.356. The van der Waals surface area contributed by atoms with Crippen LogP contribution in [0.4, 0.5) is 0 Å². The van der Waals surface area contributed by atoms with E-state index in [0.29, 0.717) is 17.1 Å². The molecule has 1 amide bonds. The van der Waals surface area contributed by atoms with Crippen molar-refractivity contribution in [1.82, 2.24) is 10.5 Å². The van der Waals surface area contributed by atoms with Crippen LogP contribution in [0.3, 0.4) is 0 Å². The van der Waals surface area contributed by atoms with E-state index < -0.39 is 0 Å². The number of nitrogens with zero attached hydrogens (tertiary/aromatic N) is 1. The van der Waals surface area contributed by atoms with Gasteiger partial charge in [-0.25, -0.2) is 0 Å². The zero-order valence-corrected chi connectivity index (χ0v) is 9.79. The summed E-state index contributed by atoms with van der Waals surface area (Å²) in [5.41, 5.74) is 2.76. The third kappa shape index (κ3) is 2.98. The van der Waals surface area contributed by atoms with Gasteiger partial charge >= 0.3 is 0 Å². The third-order valence-corrected chi connectivity index (χ3v) is 2.23. The Balaban J connectivity index is 1.97. The summed E-state index contributed by atoms with van der Waals surface area (Å²) in [6.45, 7) is 0. The van der Waals surface area contributed by atoms with E-state index in [2.05, 4.69) is 10.5 Å². The number of hydrogen-bond acceptors (Lipinski definition) is 4. The molecule has 1 aromatic carbocycles. The summed E-state index contributed by atoms with van der Waals surface area (Å²) in [4.78, 5) is 20.7. The van der Waals surface area contributed by atoms with Crippen molar-refractivity contribution in [2.45, 2.75) is 0 Å². The lowest BCUT2D eigenvalue weighted by Gasteiger charge is -2.07. The molecule has 1 heterocycles. The van der Waals surface area contributed by atoms with Crippen LogP contribution >= 0.6 is 0 Å². The first-order valence-corrected chi connectivity index (χ1v) is 5.31. The van der Waals surface area contributed by atoms with Gasteiger partial charge in [0.25, 0.3) is 5.91 Å². The first-order chi connectivity index (χ1) is 8.79. The molecule has 92 valence electrons. The van der Waals surface area contributed by atoms with Crippen LogP contribution in [0.5, 0.6) is 11.5 Å². The van der Waals surface area contributed by atoms with Gasteiger partial charge < -0.3 is 9.57 Å². The summed E-state index contributed by atoms with van der Waals surface area (Å²) in [6, 6.07) is 10.3. The molecular weight excluding hydrogens is 232 g/mol. The Labute approximate surface area is 104 Å². The first-order valence-electron chi connectivity index (χ1n) is 5.31. The fourth-order valence-corrected chi connectivity index (χ4v) is 1.33. The molecule has 0 spiro atoms. The van der Waals surface area contributed by atoms with E-state index in [-0.39, 0.29) is 5.91 Å². The van der Waals surface area contributed by atoms with E-state index in [9.17, 15) is 4.79 Å². The second-order valence-corrected chi connectivity index (χ2v) is 3.45. The summed E-state index contributed by atoms with van der Waals surface area (Å²) in [6.07, 6.45) is 3.06. The van der Waals surface area contributed by atoms with Gasteiger partial charge in [-0.15, -0.1) is 0 Å². The Kier molecular flexibility index (Phi) is 3.76. The molecule has 1 N–H and O–H groups in total. The summed E-state index contributed by atoms with van der Waals surface area (Å²) >= 11 is 0. The van der Waals surface area contributed by atoms with Crippen LogP contribution in [0.25, 0.3) is 0 Å². The van der Waals surface area contributed by atoms with Gasteiger partial charge in [0.15, 0.2) is 5.75 Å². The minimum absolute atomic E-state index is 0.356. The number of amides is 1. The van der Waals surface area contributed by atoms with Gasteiger partial charge in [-0.05, 0) is 24.3 Å². The molecule has 0 unspecified atom stereocenters. The highest BCUT2D eigenvalue weighted by Gasteiger charge is 2.05. The molecule has 0 aliphatic heterocycles. The molecule has 5 heteroatoms. The number of ether oxygens (including phenoxy) is 1. The Morgan fingerprint density at radius 1 is 1.22 bits per heavy atom. The minimum Gasteiger partial charge on any atom is -0.497 e. The van der Waals surface area contributed by atoms with E-state index in [1.54, 1.807) is 49.7 Å². The molecule has 0 aliphatic rings. The van der Waals surface area contributed by atoms with Crippen LogP contribution in [0, 0.1) is 0 Å². The molecule has 2 aromatic rings. The SMILES string of the molecule is COc1cccc(ONC(=O)c2cccnc2)c1. The molecule has 5 nitrogen and oxygen atoms in total. The smallest absolute Gasteiger partial charge is 0.285 e. The van der Waals surface area contributed by atoms with Crippen molar-refractivity contribution < 1.29 is 14.4 Å². The largest absolute Gasteiger partial charge is 0.497 e. The number of carbonyl (C=O) groups is 1. The fraction of sp³-hybridized carbons (Fsp3) is 0.0769. The summed E-state index contributed by atoms with van der Waals surface area (Å²) in [7, 11) is 1.56. The predicted octanol–water partition coefficient (Wildman–Crippen LogP) is 1.81. The number of nitrogens with one attached hydrogen (secondary N) is 1. The fourth-order valence-electron chi connectivity index (χ4n) is 1.33. The van der Waals surface area contributed by atoms with E-state index in [1.165, 1.54) is 6.20 Å². The number of hydrogen-bond donors (Lipinski definition) is 1. The second kappa shape index (κ2) is 5.67. The van der Waals surface area contributed by atoms with E-state index in [4.69, 9.17) is 9.57 Å². The topological polar surface area (TPSA) is 60.5 Å². The van der Waals surface area contributed by atoms with Crippen LogP contribution in [0.15, 0.2) is 48.8 Å². The van der Waals surface area contributed by atoms with Crippen molar-refractivity contribution in [3.63, 3.8) is 0 Å². The van der Waals surface area contributed by atoms with E-state index >= 15 is 0 Å². The molecule has 0 aliphatic carbocycles.